The van der Waals surface area contributed by atoms with Crippen LogP contribution < -0.4 is 19.7 Å². The molecule has 1 fully saturated rings. The lowest BCUT2D eigenvalue weighted by atomic mass is 10.1. The van der Waals surface area contributed by atoms with Crippen molar-refractivity contribution >= 4 is 33.2 Å². The number of carbonyl (C=O) groups is 2. The minimum Gasteiger partial charge on any atom is -0.486 e. The summed E-state index contributed by atoms with van der Waals surface area (Å²) < 4.78 is 37.7. The van der Waals surface area contributed by atoms with Crippen molar-refractivity contribution in [2.24, 2.45) is 5.92 Å². The normalized spacial score (nSPS) is 18.0. The van der Waals surface area contributed by atoms with Gasteiger partial charge < -0.3 is 19.7 Å². The smallest absolute Gasteiger partial charge is 0.243 e. The maximum atomic E-state index is 12.8. The van der Waals surface area contributed by atoms with Gasteiger partial charge in [-0.05, 0) is 36.4 Å². The van der Waals surface area contributed by atoms with Gasteiger partial charge in [0.25, 0.3) is 0 Å². The number of carbonyl (C=O) groups excluding carboxylic acids is 2. The second-order valence-electron chi connectivity index (χ2n) is 7.84. The van der Waals surface area contributed by atoms with Crippen molar-refractivity contribution in [3.63, 3.8) is 0 Å². The van der Waals surface area contributed by atoms with Crippen LogP contribution in [0.15, 0.2) is 47.4 Å². The van der Waals surface area contributed by atoms with Crippen molar-refractivity contribution in [2.75, 3.05) is 43.1 Å². The standard InChI is InChI=1S/C23H27N3O6S/c1-3-25(4-2)33(29,30)19-8-5-17(6-9-19)24-23(28)16-13-22(27)26(15-16)18-7-10-20-21(14-18)32-12-11-31-20/h5-10,14,16H,3-4,11-13,15H2,1-2H3,(H,24,28)/t16-/m0/s1. The first-order chi connectivity index (χ1) is 15.8. The zero-order valence-electron chi connectivity index (χ0n) is 18.6. The first-order valence-corrected chi connectivity index (χ1v) is 12.4. The van der Waals surface area contributed by atoms with Gasteiger partial charge in [-0.15, -0.1) is 0 Å². The Kier molecular flexibility index (Phi) is 6.57. The van der Waals surface area contributed by atoms with Crippen LogP contribution in [0.1, 0.15) is 20.3 Å². The number of ether oxygens (including phenoxy) is 2. The minimum atomic E-state index is -3.56. The molecule has 2 aromatic carbocycles. The van der Waals surface area contributed by atoms with Crippen LogP contribution in [0.25, 0.3) is 0 Å². The number of hydrogen-bond acceptors (Lipinski definition) is 6. The van der Waals surface area contributed by atoms with Crippen molar-refractivity contribution in [1.29, 1.82) is 0 Å². The Morgan fingerprint density at radius 2 is 1.73 bits per heavy atom. The molecular formula is C23H27N3O6S. The van der Waals surface area contributed by atoms with E-state index < -0.39 is 15.9 Å². The van der Waals surface area contributed by atoms with Crippen LogP contribution in [0.2, 0.25) is 0 Å². The SMILES string of the molecule is CCN(CC)S(=O)(=O)c1ccc(NC(=O)[C@H]2CC(=O)N(c3ccc4c(c3)OCCO4)C2)cc1. The largest absolute Gasteiger partial charge is 0.486 e. The first-order valence-electron chi connectivity index (χ1n) is 10.9. The predicted molar refractivity (Wildman–Crippen MR) is 123 cm³/mol. The molecule has 0 saturated carbocycles. The number of benzene rings is 2. The summed E-state index contributed by atoms with van der Waals surface area (Å²) in [6.07, 6.45) is 0.0920. The zero-order valence-corrected chi connectivity index (χ0v) is 19.4. The molecule has 176 valence electrons. The van der Waals surface area contributed by atoms with E-state index in [0.717, 1.165) is 0 Å². The van der Waals surface area contributed by atoms with E-state index in [-0.39, 0.29) is 29.7 Å². The summed E-state index contributed by atoms with van der Waals surface area (Å²) in [7, 11) is -3.56. The molecule has 2 aliphatic rings. The van der Waals surface area contributed by atoms with Crippen LogP contribution in [0.3, 0.4) is 0 Å². The monoisotopic (exact) mass is 473 g/mol. The van der Waals surface area contributed by atoms with E-state index >= 15 is 0 Å². The first kappa shape index (κ1) is 23.1. The maximum absolute atomic E-state index is 12.8. The van der Waals surface area contributed by atoms with E-state index in [9.17, 15) is 18.0 Å². The highest BCUT2D eigenvalue weighted by Crippen LogP contribution is 2.36. The second kappa shape index (κ2) is 9.40. The Labute approximate surface area is 193 Å². The second-order valence-corrected chi connectivity index (χ2v) is 9.77. The summed E-state index contributed by atoms with van der Waals surface area (Å²) in [5.74, 6) is 0.261. The minimum absolute atomic E-state index is 0.0920. The lowest BCUT2D eigenvalue weighted by Crippen LogP contribution is -2.30. The fraction of sp³-hybridized carbons (Fsp3) is 0.391. The van der Waals surface area contributed by atoms with Crippen LogP contribution in [0.5, 0.6) is 11.5 Å². The number of nitrogens with zero attached hydrogens (tertiary/aromatic N) is 2. The molecule has 0 spiro atoms. The highest BCUT2D eigenvalue weighted by Gasteiger charge is 2.35. The Bertz CT molecular complexity index is 1150. The van der Waals surface area contributed by atoms with Gasteiger partial charge in [0.1, 0.15) is 13.2 Å². The number of amides is 2. The Morgan fingerprint density at radius 1 is 1.06 bits per heavy atom. The maximum Gasteiger partial charge on any atom is 0.243 e. The molecule has 2 aliphatic heterocycles. The fourth-order valence-corrected chi connectivity index (χ4v) is 5.46. The molecule has 2 aromatic rings. The number of sulfonamides is 1. The summed E-state index contributed by atoms with van der Waals surface area (Å²) in [6.45, 7) is 5.52. The summed E-state index contributed by atoms with van der Waals surface area (Å²) >= 11 is 0. The summed E-state index contributed by atoms with van der Waals surface area (Å²) in [6, 6.07) is 11.4. The molecule has 0 aliphatic carbocycles. The third-order valence-corrected chi connectivity index (χ3v) is 7.86. The van der Waals surface area contributed by atoms with Crippen molar-refractivity contribution in [3.8, 4) is 11.5 Å². The van der Waals surface area contributed by atoms with Gasteiger partial charge in [-0.1, -0.05) is 13.8 Å². The van der Waals surface area contributed by atoms with Gasteiger partial charge in [0.2, 0.25) is 21.8 Å². The zero-order chi connectivity index (χ0) is 23.6. The fourth-order valence-electron chi connectivity index (χ4n) is 4.00. The predicted octanol–water partition coefficient (Wildman–Crippen LogP) is 2.48. The molecule has 4 rings (SSSR count). The summed E-state index contributed by atoms with van der Waals surface area (Å²) in [5.41, 5.74) is 1.13. The number of rotatable bonds is 7. The van der Waals surface area contributed by atoms with Gasteiger partial charge in [0, 0.05) is 43.5 Å². The number of fused-ring (bicyclic) bond motifs is 1. The van der Waals surface area contributed by atoms with E-state index in [4.69, 9.17) is 9.47 Å². The average molecular weight is 474 g/mol. The van der Waals surface area contributed by atoms with Gasteiger partial charge in [-0.2, -0.15) is 4.31 Å². The highest BCUT2D eigenvalue weighted by molar-refractivity contribution is 7.89. The molecular weight excluding hydrogens is 446 g/mol. The van der Waals surface area contributed by atoms with Crippen LogP contribution in [0.4, 0.5) is 11.4 Å². The lowest BCUT2D eigenvalue weighted by Gasteiger charge is -2.22. The van der Waals surface area contributed by atoms with Crippen molar-refractivity contribution in [3.05, 3.63) is 42.5 Å². The van der Waals surface area contributed by atoms with E-state index in [1.165, 1.54) is 16.4 Å². The lowest BCUT2D eigenvalue weighted by molar-refractivity contribution is -0.122. The molecule has 9 nitrogen and oxygen atoms in total. The van der Waals surface area contributed by atoms with E-state index in [0.29, 0.717) is 49.2 Å². The number of nitrogens with one attached hydrogen (secondary N) is 1. The van der Waals surface area contributed by atoms with Crippen LogP contribution in [-0.2, 0) is 19.6 Å². The van der Waals surface area contributed by atoms with Crippen LogP contribution in [0, 0.1) is 5.92 Å². The molecule has 33 heavy (non-hydrogen) atoms. The molecule has 2 heterocycles. The van der Waals surface area contributed by atoms with Crippen LogP contribution in [-0.4, -0.2) is 57.4 Å². The third-order valence-electron chi connectivity index (χ3n) is 5.80. The van der Waals surface area contributed by atoms with Gasteiger partial charge in [0.05, 0.1) is 10.8 Å². The Morgan fingerprint density at radius 3 is 2.39 bits per heavy atom. The van der Waals surface area contributed by atoms with Crippen LogP contribution >= 0.6 is 0 Å². The molecule has 2 amide bonds. The molecule has 10 heteroatoms. The van der Waals surface area contributed by atoms with Gasteiger partial charge >= 0.3 is 0 Å². The number of hydrogen-bond donors (Lipinski definition) is 1. The summed E-state index contributed by atoms with van der Waals surface area (Å²) in [4.78, 5) is 27.1. The number of anilines is 2. The molecule has 1 N–H and O–H groups in total. The van der Waals surface area contributed by atoms with Gasteiger partial charge in [0.15, 0.2) is 11.5 Å². The van der Waals surface area contributed by atoms with Gasteiger partial charge in [-0.3, -0.25) is 9.59 Å². The molecule has 1 atom stereocenters. The van der Waals surface area contributed by atoms with E-state index in [1.54, 1.807) is 49.1 Å². The Balaban J connectivity index is 1.42. The van der Waals surface area contributed by atoms with Crippen molar-refractivity contribution in [1.82, 2.24) is 4.31 Å². The van der Waals surface area contributed by atoms with Crippen molar-refractivity contribution in [2.45, 2.75) is 25.2 Å². The Hall–Kier alpha value is -3.11. The average Bonchev–Trinajstić information content (AvgIpc) is 3.21. The highest BCUT2D eigenvalue weighted by atomic mass is 32.2. The van der Waals surface area contributed by atoms with Crippen molar-refractivity contribution < 1.29 is 27.5 Å². The molecule has 0 bridgehead atoms. The van der Waals surface area contributed by atoms with E-state index in [2.05, 4.69) is 5.32 Å². The van der Waals surface area contributed by atoms with E-state index in [1.807, 2.05) is 0 Å². The molecule has 0 radical (unpaired) electrons. The molecule has 0 unspecified atom stereocenters. The van der Waals surface area contributed by atoms with Gasteiger partial charge in [-0.25, -0.2) is 8.42 Å². The molecule has 1 saturated heterocycles. The third kappa shape index (κ3) is 4.67. The quantitative estimate of drug-likeness (QED) is 0.662. The topological polar surface area (TPSA) is 105 Å². The molecule has 0 aromatic heterocycles. The summed E-state index contributed by atoms with van der Waals surface area (Å²) in [5, 5.41) is 2.79.